The second-order valence-electron chi connectivity index (χ2n) is 6.71. The van der Waals surface area contributed by atoms with E-state index in [9.17, 15) is 9.59 Å². The number of ether oxygens (including phenoxy) is 1. The Morgan fingerprint density at radius 2 is 2.12 bits per heavy atom. The molecule has 1 aromatic rings. The van der Waals surface area contributed by atoms with Crippen molar-refractivity contribution in [2.45, 2.75) is 25.2 Å². The molecule has 0 saturated carbocycles. The molecular formula is C17H26N4O3. The number of carbonyl (C=O) groups excluding carboxylic acids is 1. The van der Waals surface area contributed by atoms with Crippen LogP contribution in [0.25, 0.3) is 0 Å². The first kappa shape index (κ1) is 17.1. The lowest BCUT2D eigenvalue weighted by Gasteiger charge is -2.33. The molecule has 3 rings (SSSR count). The van der Waals surface area contributed by atoms with Gasteiger partial charge in [0.05, 0.1) is 24.5 Å². The summed E-state index contributed by atoms with van der Waals surface area (Å²) in [6, 6.07) is 1.58. The van der Waals surface area contributed by atoms with Crippen molar-refractivity contribution in [3.8, 4) is 0 Å². The number of methoxy groups -OCH3 is 1. The van der Waals surface area contributed by atoms with E-state index in [1.165, 1.54) is 6.33 Å². The van der Waals surface area contributed by atoms with Crippen molar-refractivity contribution in [1.29, 1.82) is 0 Å². The van der Waals surface area contributed by atoms with Crippen LogP contribution in [0.3, 0.4) is 0 Å². The molecule has 7 nitrogen and oxygen atoms in total. The molecule has 2 aliphatic heterocycles. The van der Waals surface area contributed by atoms with Crippen LogP contribution in [0.15, 0.2) is 17.2 Å². The number of hydrogen-bond acceptors (Lipinski definition) is 5. The van der Waals surface area contributed by atoms with Crippen LogP contribution in [-0.2, 0) is 9.53 Å². The maximum Gasteiger partial charge on any atom is 0.250 e. The van der Waals surface area contributed by atoms with Crippen molar-refractivity contribution in [1.82, 2.24) is 19.8 Å². The summed E-state index contributed by atoms with van der Waals surface area (Å²) in [5.74, 6) is 0.682. The first-order valence-corrected chi connectivity index (χ1v) is 8.72. The van der Waals surface area contributed by atoms with Gasteiger partial charge >= 0.3 is 0 Å². The Labute approximate surface area is 142 Å². The average Bonchev–Trinajstić information content (AvgIpc) is 3.08. The van der Waals surface area contributed by atoms with Gasteiger partial charge in [-0.25, -0.2) is 4.98 Å². The van der Waals surface area contributed by atoms with Crippen LogP contribution < -0.4 is 5.56 Å². The van der Waals surface area contributed by atoms with Crippen LogP contribution in [0.1, 0.15) is 30.9 Å². The molecule has 0 bridgehead atoms. The highest BCUT2D eigenvalue weighted by molar-refractivity contribution is 5.79. The number of nitrogens with zero attached hydrogens (tertiary/aromatic N) is 3. The highest BCUT2D eigenvalue weighted by Crippen LogP contribution is 2.28. The average molecular weight is 334 g/mol. The van der Waals surface area contributed by atoms with Crippen LogP contribution in [0, 0.1) is 5.92 Å². The molecule has 132 valence electrons. The van der Waals surface area contributed by atoms with Gasteiger partial charge in [0, 0.05) is 45.3 Å². The summed E-state index contributed by atoms with van der Waals surface area (Å²) >= 11 is 0. The van der Waals surface area contributed by atoms with Gasteiger partial charge in [0.2, 0.25) is 5.91 Å². The minimum atomic E-state index is -0.111. The Morgan fingerprint density at radius 3 is 2.83 bits per heavy atom. The number of likely N-dealkylation sites (tertiary alicyclic amines) is 2. The molecule has 7 heteroatoms. The molecule has 1 N–H and O–H groups in total. The highest BCUT2D eigenvalue weighted by atomic mass is 16.5. The van der Waals surface area contributed by atoms with E-state index in [-0.39, 0.29) is 23.3 Å². The van der Waals surface area contributed by atoms with Gasteiger partial charge in [0.25, 0.3) is 5.56 Å². The predicted molar refractivity (Wildman–Crippen MR) is 89.8 cm³/mol. The van der Waals surface area contributed by atoms with Gasteiger partial charge < -0.3 is 19.5 Å². The highest BCUT2D eigenvalue weighted by Gasteiger charge is 2.33. The van der Waals surface area contributed by atoms with Crippen molar-refractivity contribution in [2.24, 2.45) is 5.92 Å². The molecule has 24 heavy (non-hydrogen) atoms. The molecule has 1 amide bonds. The summed E-state index contributed by atoms with van der Waals surface area (Å²) < 4.78 is 5.11. The van der Waals surface area contributed by atoms with Gasteiger partial charge in [0.15, 0.2) is 0 Å². The van der Waals surface area contributed by atoms with Crippen molar-refractivity contribution in [3.63, 3.8) is 0 Å². The van der Waals surface area contributed by atoms with Crippen LogP contribution >= 0.6 is 0 Å². The van der Waals surface area contributed by atoms with Crippen LogP contribution in [0.5, 0.6) is 0 Å². The van der Waals surface area contributed by atoms with Crippen LogP contribution in [-0.4, -0.2) is 72.1 Å². The molecule has 2 saturated heterocycles. The third-order valence-electron chi connectivity index (χ3n) is 5.16. The predicted octanol–water partition coefficient (Wildman–Crippen LogP) is 0.444. The van der Waals surface area contributed by atoms with Crippen molar-refractivity contribution in [2.75, 3.05) is 46.4 Å². The van der Waals surface area contributed by atoms with E-state index in [1.807, 2.05) is 4.90 Å². The first-order valence-electron chi connectivity index (χ1n) is 8.72. The minimum Gasteiger partial charge on any atom is -0.383 e. The number of carbonyl (C=O) groups is 1. The summed E-state index contributed by atoms with van der Waals surface area (Å²) in [6.07, 6.45) is 4.16. The fourth-order valence-corrected chi connectivity index (χ4v) is 3.72. The molecule has 2 aliphatic rings. The van der Waals surface area contributed by atoms with E-state index in [4.69, 9.17) is 4.74 Å². The Kier molecular flexibility index (Phi) is 5.63. The monoisotopic (exact) mass is 334 g/mol. The van der Waals surface area contributed by atoms with Gasteiger partial charge in [-0.3, -0.25) is 9.59 Å². The molecule has 0 unspecified atom stereocenters. The zero-order valence-corrected chi connectivity index (χ0v) is 14.2. The Morgan fingerprint density at radius 1 is 1.33 bits per heavy atom. The van der Waals surface area contributed by atoms with Crippen molar-refractivity contribution in [3.05, 3.63) is 28.4 Å². The van der Waals surface area contributed by atoms with Gasteiger partial charge in [-0.1, -0.05) is 0 Å². The molecular weight excluding hydrogens is 308 g/mol. The van der Waals surface area contributed by atoms with Gasteiger partial charge in [-0.15, -0.1) is 0 Å². The maximum atomic E-state index is 12.7. The van der Waals surface area contributed by atoms with E-state index in [0.29, 0.717) is 0 Å². The third-order valence-corrected chi connectivity index (χ3v) is 5.16. The second-order valence-corrected chi connectivity index (χ2v) is 6.71. The molecule has 1 atom stereocenters. The molecule has 1 aromatic heterocycles. The number of H-pyrrole nitrogens is 1. The van der Waals surface area contributed by atoms with Crippen LogP contribution in [0.2, 0.25) is 0 Å². The normalized spacial score (nSPS) is 22.9. The minimum absolute atomic E-state index is 0.111. The molecule has 3 heterocycles. The Hall–Kier alpha value is -1.73. The number of nitrogens with one attached hydrogen (secondary N) is 1. The topological polar surface area (TPSA) is 78.5 Å². The maximum absolute atomic E-state index is 12.7. The van der Waals surface area contributed by atoms with Crippen LogP contribution in [0.4, 0.5) is 0 Å². The Balaban J connectivity index is 1.50. The van der Waals surface area contributed by atoms with Gasteiger partial charge in [0.1, 0.15) is 0 Å². The van der Waals surface area contributed by atoms with Gasteiger partial charge in [-0.05, 0) is 25.8 Å². The second kappa shape index (κ2) is 7.90. The summed E-state index contributed by atoms with van der Waals surface area (Å²) in [4.78, 5) is 35.2. The summed E-state index contributed by atoms with van der Waals surface area (Å²) in [6.45, 7) is 4.95. The SMILES string of the molecule is COCCN1CC[C@H](C(=O)N2CCC(c3cc(=O)[nH]cn3)CC2)C1. The number of aromatic amines is 1. The van der Waals surface area contributed by atoms with E-state index in [0.717, 1.165) is 64.3 Å². The van der Waals surface area contributed by atoms with Crippen molar-refractivity contribution < 1.29 is 9.53 Å². The fourth-order valence-electron chi connectivity index (χ4n) is 3.72. The summed E-state index contributed by atoms with van der Waals surface area (Å²) in [7, 11) is 1.71. The number of aromatic nitrogens is 2. The van der Waals surface area contributed by atoms with E-state index >= 15 is 0 Å². The Bertz CT molecular complexity index is 610. The van der Waals surface area contributed by atoms with Gasteiger partial charge in [-0.2, -0.15) is 0 Å². The summed E-state index contributed by atoms with van der Waals surface area (Å²) in [5, 5.41) is 0. The lowest BCUT2D eigenvalue weighted by molar-refractivity contribution is -0.136. The van der Waals surface area contributed by atoms with E-state index in [2.05, 4.69) is 14.9 Å². The number of rotatable bonds is 5. The third kappa shape index (κ3) is 4.02. The molecule has 0 aromatic carbocycles. The standard InChI is InChI=1S/C17H26N4O3/c1-24-9-8-20-5-2-14(11-20)17(23)21-6-3-13(4-7-21)15-10-16(22)19-12-18-15/h10,12-14H,2-9,11H2,1H3,(H,18,19,22)/t14-/m0/s1. The molecule has 0 radical (unpaired) electrons. The lowest BCUT2D eigenvalue weighted by Crippen LogP contribution is -2.42. The lowest BCUT2D eigenvalue weighted by atomic mass is 9.92. The number of amides is 1. The number of piperidine rings is 1. The zero-order chi connectivity index (χ0) is 16.9. The molecule has 0 spiro atoms. The number of hydrogen-bond donors (Lipinski definition) is 1. The molecule has 0 aliphatic carbocycles. The van der Waals surface area contributed by atoms with E-state index < -0.39 is 0 Å². The zero-order valence-electron chi connectivity index (χ0n) is 14.2. The quantitative estimate of drug-likeness (QED) is 0.845. The largest absolute Gasteiger partial charge is 0.383 e. The fraction of sp³-hybridized carbons (Fsp3) is 0.706. The molecule has 2 fully saturated rings. The van der Waals surface area contributed by atoms with E-state index in [1.54, 1.807) is 13.2 Å². The first-order chi connectivity index (χ1) is 11.7. The summed E-state index contributed by atoms with van der Waals surface area (Å²) in [5.41, 5.74) is 0.734. The van der Waals surface area contributed by atoms with Crippen molar-refractivity contribution >= 4 is 5.91 Å². The smallest absolute Gasteiger partial charge is 0.250 e.